The highest BCUT2D eigenvalue weighted by atomic mass is 16.5. The number of nitrogens with one attached hydrogen (secondary N) is 1. The van der Waals surface area contributed by atoms with Crippen LogP contribution in [0.2, 0.25) is 0 Å². The Bertz CT molecular complexity index is 873. The second kappa shape index (κ2) is 7.82. The molecule has 0 aliphatic rings. The number of rotatable bonds is 7. The molecule has 0 atom stereocenters. The zero-order chi connectivity index (χ0) is 18.5. The van der Waals surface area contributed by atoms with Gasteiger partial charge in [-0.2, -0.15) is 0 Å². The van der Waals surface area contributed by atoms with Crippen molar-refractivity contribution in [2.75, 3.05) is 26.6 Å². The summed E-state index contributed by atoms with van der Waals surface area (Å²) in [4.78, 5) is 4.49. The first-order chi connectivity index (χ1) is 12.7. The van der Waals surface area contributed by atoms with Crippen LogP contribution >= 0.6 is 0 Å². The summed E-state index contributed by atoms with van der Waals surface area (Å²) in [5.41, 5.74) is 3.19. The van der Waals surface area contributed by atoms with E-state index >= 15 is 0 Å². The maximum Gasteiger partial charge on any atom is 0.203 e. The van der Waals surface area contributed by atoms with Crippen LogP contribution in [0, 0.1) is 0 Å². The van der Waals surface area contributed by atoms with Crippen molar-refractivity contribution in [1.82, 2.24) is 9.55 Å². The number of hydrogen-bond acceptors (Lipinski definition) is 5. The van der Waals surface area contributed by atoms with Gasteiger partial charge in [0, 0.05) is 19.2 Å². The molecule has 2 aromatic carbocycles. The van der Waals surface area contributed by atoms with Gasteiger partial charge in [-0.15, -0.1) is 0 Å². The molecule has 6 heteroatoms. The van der Waals surface area contributed by atoms with Crippen LogP contribution in [-0.4, -0.2) is 30.9 Å². The van der Waals surface area contributed by atoms with Gasteiger partial charge in [0.05, 0.1) is 33.2 Å². The Kier molecular flexibility index (Phi) is 5.31. The average Bonchev–Trinajstić information content (AvgIpc) is 3.06. The van der Waals surface area contributed by atoms with Gasteiger partial charge >= 0.3 is 0 Å². The van der Waals surface area contributed by atoms with Gasteiger partial charge in [0.15, 0.2) is 11.5 Å². The third kappa shape index (κ3) is 3.59. The van der Waals surface area contributed by atoms with Crippen LogP contribution in [0.5, 0.6) is 17.2 Å². The molecule has 1 heterocycles. The van der Waals surface area contributed by atoms with Gasteiger partial charge in [0.2, 0.25) is 5.95 Å². The fourth-order valence-corrected chi connectivity index (χ4v) is 2.78. The highest BCUT2D eigenvalue weighted by Crippen LogP contribution is 2.28. The molecule has 0 radical (unpaired) electrons. The molecule has 26 heavy (non-hydrogen) atoms. The molecule has 0 amide bonds. The van der Waals surface area contributed by atoms with E-state index in [9.17, 15) is 0 Å². The third-order valence-electron chi connectivity index (χ3n) is 4.27. The van der Waals surface area contributed by atoms with Crippen molar-refractivity contribution < 1.29 is 14.2 Å². The van der Waals surface area contributed by atoms with E-state index in [4.69, 9.17) is 14.2 Å². The molecule has 136 valence electrons. The lowest BCUT2D eigenvalue weighted by Crippen LogP contribution is -2.06. The molecule has 1 N–H and O–H groups in total. The van der Waals surface area contributed by atoms with Gasteiger partial charge < -0.3 is 24.1 Å². The lowest BCUT2D eigenvalue weighted by Gasteiger charge is -2.11. The number of methoxy groups -OCH3 is 3. The second-order valence-corrected chi connectivity index (χ2v) is 5.80. The Morgan fingerprint density at radius 1 is 0.923 bits per heavy atom. The van der Waals surface area contributed by atoms with Crippen molar-refractivity contribution in [1.29, 1.82) is 0 Å². The second-order valence-electron chi connectivity index (χ2n) is 5.80. The number of ether oxygens (including phenoxy) is 3. The Balaban J connectivity index is 1.74. The van der Waals surface area contributed by atoms with Crippen LogP contribution in [0.1, 0.15) is 5.56 Å². The molecule has 0 fully saturated rings. The molecule has 0 saturated carbocycles. The third-order valence-corrected chi connectivity index (χ3v) is 4.27. The summed E-state index contributed by atoms with van der Waals surface area (Å²) >= 11 is 0. The molecule has 0 spiro atoms. The number of hydrogen-bond donors (Lipinski definition) is 1. The van der Waals surface area contributed by atoms with Crippen molar-refractivity contribution in [2.45, 2.75) is 6.54 Å². The summed E-state index contributed by atoms with van der Waals surface area (Å²) in [5.74, 6) is 3.06. The molecular formula is C20H23N3O3. The predicted molar refractivity (Wildman–Crippen MR) is 102 cm³/mol. The Morgan fingerprint density at radius 3 is 2.31 bits per heavy atom. The first-order valence-corrected chi connectivity index (χ1v) is 8.27. The van der Waals surface area contributed by atoms with E-state index < -0.39 is 0 Å². The predicted octanol–water partition coefficient (Wildman–Crippen LogP) is 3.73. The van der Waals surface area contributed by atoms with Crippen LogP contribution in [0.4, 0.5) is 5.95 Å². The van der Waals surface area contributed by atoms with E-state index in [2.05, 4.69) is 10.3 Å². The monoisotopic (exact) mass is 353 g/mol. The molecule has 3 aromatic rings. The molecule has 6 nitrogen and oxygen atoms in total. The number of anilines is 1. The van der Waals surface area contributed by atoms with Gasteiger partial charge in [-0.25, -0.2) is 4.98 Å². The standard InChI is InChI=1S/C20H23N3O3/c1-23-17(15-6-8-16(24-2)9-7-15)13-22-20(23)21-12-14-5-10-18(25-3)19(11-14)26-4/h5-11,13H,12H2,1-4H3,(H,21,22). The molecule has 3 rings (SSSR count). The summed E-state index contributed by atoms with van der Waals surface area (Å²) in [7, 11) is 6.91. The van der Waals surface area contributed by atoms with Gasteiger partial charge in [-0.1, -0.05) is 6.07 Å². The number of benzene rings is 2. The Morgan fingerprint density at radius 2 is 1.65 bits per heavy atom. The molecule has 1 aromatic heterocycles. The molecule has 0 bridgehead atoms. The van der Waals surface area contributed by atoms with Crippen LogP contribution < -0.4 is 19.5 Å². The summed E-state index contributed by atoms with van der Waals surface area (Å²) in [6.45, 7) is 0.632. The van der Waals surface area contributed by atoms with E-state index in [-0.39, 0.29) is 0 Å². The van der Waals surface area contributed by atoms with Gasteiger partial charge in [0.1, 0.15) is 5.75 Å². The molecular weight excluding hydrogens is 330 g/mol. The summed E-state index contributed by atoms with van der Waals surface area (Å²) in [5, 5.41) is 3.36. The van der Waals surface area contributed by atoms with Crippen molar-refractivity contribution in [3.05, 3.63) is 54.2 Å². The Hall–Kier alpha value is -3.15. The zero-order valence-electron chi connectivity index (χ0n) is 15.4. The molecule has 0 aliphatic carbocycles. The number of nitrogens with zero attached hydrogens (tertiary/aromatic N) is 2. The van der Waals surface area contributed by atoms with Crippen molar-refractivity contribution in [2.24, 2.45) is 7.05 Å². The maximum absolute atomic E-state index is 5.35. The maximum atomic E-state index is 5.35. The van der Waals surface area contributed by atoms with Crippen molar-refractivity contribution in [3.63, 3.8) is 0 Å². The van der Waals surface area contributed by atoms with E-state index in [1.807, 2.05) is 60.3 Å². The highest BCUT2D eigenvalue weighted by Gasteiger charge is 2.10. The quantitative estimate of drug-likeness (QED) is 0.701. The van der Waals surface area contributed by atoms with E-state index in [0.717, 1.165) is 34.3 Å². The van der Waals surface area contributed by atoms with Crippen molar-refractivity contribution in [3.8, 4) is 28.5 Å². The largest absolute Gasteiger partial charge is 0.497 e. The first kappa shape index (κ1) is 17.7. The molecule has 0 unspecified atom stereocenters. The fourth-order valence-electron chi connectivity index (χ4n) is 2.78. The Labute approximate surface area is 153 Å². The lowest BCUT2D eigenvalue weighted by molar-refractivity contribution is 0.354. The van der Waals surface area contributed by atoms with E-state index in [0.29, 0.717) is 12.3 Å². The minimum Gasteiger partial charge on any atom is -0.497 e. The topological polar surface area (TPSA) is 57.5 Å². The SMILES string of the molecule is COc1ccc(-c2cnc(NCc3ccc(OC)c(OC)c3)n2C)cc1. The first-order valence-electron chi connectivity index (χ1n) is 8.27. The van der Waals surface area contributed by atoms with E-state index in [1.54, 1.807) is 21.3 Å². The zero-order valence-corrected chi connectivity index (χ0v) is 15.4. The highest BCUT2D eigenvalue weighted by molar-refractivity contribution is 5.62. The van der Waals surface area contributed by atoms with Gasteiger partial charge in [-0.3, -0.25) is 0 Å². The summed E-state index contributed by atoms with van der Waals surface area (Å²) in [6.07, 6.45) is 1.86. The minimum atomic E-state index is 0.632. The normalized spacial score (nSPS) is 10.5. The fraction of sp³-hybridized carbons (Fsp3) is 0.250. The molecule has 0 aliphatic heterocycles. The van der Waals surface area contributed by atoms with Crippen LogP contribution in [-0.2, 0) is 13.6 Å². The van der Waals surface area contributed by atoms with Gasteiger partial charge in [0.25, 0.3) is 0 Å². The summed E-state index contributed by atoms with van der Waals surface area (Å²) < 4.78 is 17.9. The number of imidazole rings is 1. The smallest absolute Gasteiger partial charge is 0.203 e. The van der Waals surface area contributed by atoms with Gasteiger partial charge in [-0.05, 0) is 42.0 Å². The van der Waals surface area contributed by atoms with Crippen LogP contribution in [0.15, 0.2) is 48.7 Å². The van der Waals surface area contributed by atoms with Crippen molar-refractivity contribution >= 4 is 5.95 Å². The van der Waals surface area contributed by atoms with Crippen LogP contribution in [0.3, 0.4) is 0 Å². The minimum absolute atomic E-state index is 0.632. The number of aromatic nitrogens is 2. The van der Waals surface area contributed by atoms with Crippen LogP contribution in [0.25, 0.3) is 11.3 Å². The summed E-state index contributed by atoms with van der Waals surface area (Å²) in [6, 6.07) is 13.8. The lowest BCUT2D eigenvalue weighted by atomic mass is 10.1. The molecule has 0 saturated heterocycles. The average molecular weight is 353 g/mol. The van der Waals surface area contributed by atoms with E-state index in [1.165, 1.54) is 0 Å².